The molecule has 0 unspecified atom stereocenters. The van der Waals surface area contributed by atoms with Crippen molar-refractivity contribution in [2.45, 2.75) is 31.9 Å². The third-order valence-corrected chi connectivity index (χ3v) is 2.08. The van der Waals surface area contributed by atoms with Gasteiger partial charge in [-0.25, -0.2) is 0 Å². The molecule has 0 aliphatic heterocycles. The van der Waals surface area contributed by atoms with E-state index in [4.69, 9.17) is 5.73 Å². The molecule has 0 fully saturated rings. The summed E-state index contributed by atoms with van der Waals surface area (Å²) in [7, 11) is 0. The molecule has 0 amide bonds. The highest BCUT2D eigenvalue weighted by Crippen LogP contribution is 2.39. The van der Waals surface area contributed by atoms with Crippen molar-refractivity contribution in [3.8, 4) is 0 Å². The van der Waals surface area contributed by atoms with Gasteiger partial charge >= 0.3 is 6.18 Å². The lowest BCUT2D eigenvalue weighted by Crippen LogP contribution is -2.36. The molecule has 16 heavy (non-hydrogen) atoms. The smallest absolute Gasteiger partial charge is 0.338 e. The summed E-state index contributed by atoms with van der Waals surface area (Å²) in [4.78, 5) is 3.66. The Morgan fingerprint density at radius 3 is 2.31 bits per heavy atom. The largest absolute Gasteiger partial charge is 0.402 e. The average molecular weight is 260 g/mol. The van der Waals surface area contributed by atoms with Gasteiger partial charge in [0.2, 0.25) is 5.89 Å². The van der Waals surface area contributed by atoms with Crippen LogP contribution < -0.4 is 5.73 Å². The van der Waals surface area contributed by atoms with Crippen molar-refractivity contribution < 1.29 is 17.7 Å². The molecular formula is C8H13ClF3N3O. The Morgan fingerprint density at radius 1 is 1.31 bits per heavy atom. The van der Waals surface area contributed by atoms with Crippen LogP contribution in [0.4, 0.5) is 13.2 Å². The molecule has 1 aromatic rings. The van der Waals surface area contributed by atoms with Gasteiger partial charge in [0, 0.05) is 6.42 Å². The van der Waals surface area contributed by atoms with E-state index in [1.165, 1.54) is 0 Å². The number of hydrogen-bond donors (Lipinski definition) is 1. The first-order chi connectivity index (χ1) is 6.79. The molecule has 94 valence electrons. The van der Waals surface area contributed by atoms with E-state index >= 15 is 0 Å². The van der Waals surface area contributed by atoms with Gasteiger partial charge in [-0.15, -0.1) is 12.4 Å². The number of nitrogens with two attached hydrogens (primary N) is 1. The first-order valence-electron chi connectivity index (χ1n) is 4.39. The van der Waals surface area contributed by atoms with Crippen LogP contribution in [0.5, 0.6) is 0 Å². The van der Waals surface area contributed by atoms with Crippen LogP contribution in [-0.2, 0) is 11.8 Å². The zero-order valence-electron chi connectivity index (χ0n) is 8.84. The maximum absolute atomic E-state index is 12.6. The molecule has 1 heterocycles. The highest BCUT2D eigenvalue weighted by atomic mass is 35.5. The maximum atomic E-state index is 12.6. The van der Waals surface area contributed by atoms with E-state index in [9.17, 15) is 13.2 Å². The van der Waals surface area contributed by atoms with Crippen LogP contribution >= 0.6 is 12.4 Å². The van der Waals surface area contributed by atoms with Gasteiger partial charge in [0.25, 0.3) is 0 Å². The molecule has 8 heteroatoms. The van der Waals surface area contributed by atoms with Gasteiger partial charge in [-0.2, -0.15) is 18.2 Å². The Labute approximate surface area is 96.8 Å². The third-order valence-electron chi connectivity index (χ3n) is 2.08. The molecule has 2 N–H and O–H groups in total. The number of aromatic nitrogens is 2. The summed E-state index contributed by atoms with van der Waals surface area (Å²) < 4.78 is 42.3. The Kier molecular flexibility index (Phi) is 4.75. The molecule has 0 aliphatic carbocycles. The fourth-order valence-corrected chi connectivity index (χ4v) is 0.860. The van der Waals surface area contributed by atoms with Crippen LogP contribution in [0.1, 0.15) is 25.6 Å². The topological polar surface area (TPSA) is 64.9 Å². The van der Waals surface area contributed by atoms with Crippen molar-refractivity contribution in [3.63, 3.8) is 0 Å². The van der Waals surface area contributed by atoms with Crippen molar-refractivity contribution in [2.24, 2.45) is 5.73 Å². The predicted molar refractivity (Wildman–Crippen MR) is 53.4 cm³/mol. The Bertz CT molecular complexity index is 338. The first-order valence-corrected chi connectivity index (χ1v) is 4.39. The number of rotatable bonds is 3. The molecule has 1 rings (SSSR count). The standard InChI is InChI=1S/C8H12F3N3O.ClH/c1-7(2,8(9,10)11)6-13-5(3-4-12)14-15-6;/h3-4,12H2,1-2H3;1H. The van der Waals surface area contributed by atoms with Gasteiger partial charge < -0.3 is 10.3 Å². The van der Waals surface area contributed by atoms with Crippen molar-refractivity contribution in [3.05, 3.63) is 11.7 Å². The van der Waals surface area contributed by atoms with Crippen molar-refractivity contribution in [1.82, 2.24) is 10.1 Å². The zero-order chi connectivity index (χ0) is 11.7. The van der Waals surface area contributed by atoms with Crippen molar-refractivity contribution >= 4 is 12.4 Å². The van der Waals surface area contributed by atoms with Gasteiger partial charge in [-0.1, -0.05) is 5.16 Å². The van der Waals surface area contributed by atoms with Crippen LogP contribution in [0.25, 0.3) is 0 Å². The average Bonchev–Trinajstić information content (AvgIpc) is 2.51. The molecule has 4 nitrogen and oxygen atoms in total. The van der Waals surface area contributed by atoms with Gasteiger partial charge in [-0.05, 0) is 20.4 Å². The fraction of sp³-hybridized carbons (Fsp3) is 0.750. The van der Waals surface area contributed by atoms with Crippen LogP contribution in [-0.4, -0.2) is 22.9 Å². The molecule has 0 atom stereocenters. The molecule has 0 aliphatic rings. The maximum Gasteiger partial charge on any atom is 0.402 e. The van der Waals surface area contributed by atoms with Crippen LogP contribution in [0.3, 0.4) is 0 Å². The van der Waals surface area contributed by atoms with Crippen molar-refractivity contribution in [1.29, 1.82) is 0 Å². The van der Waals surface area contributed by atoms with Gasteiger partial charge in [0.05, 0.1) is 0 Å². The van der Waals surface area contributed by atoms with Crippen LogP contribution in [0.2, 0.25) is 0 Å². The van der Waals surface area contributed by atoms with E-state index in [0.29, 0.717) is 6.42 Å². The normalized spacial score (nSPS) is 12.4. The van der Waals surface area contributed by atoms with Gasteiger partial charge in [0.1, 0.15) is 5.41 Å². The molecule has 0 saturated carbocycles. The lowest BCUT2D eigenvalue weighted by Gasteiger charge is -2.22. The number of alkyl halides is 3. The Balaban J connectivity index is 0.00000225. The molecule has 0 bridgehead atoms. The molecule has 0 aromatic carbocycles. The summed E-state index contributed by atoms with van der Waals surface area (Å²) in [6.07, 6.45) is -4.11. The van der Waals surface area contributed by atoms with E-state index in [-0.39, 0.29) is 24.8 Å². The summed E-state index contributed by atoms with van der Waals surface area (Å²) in [5.74, 6) is -0.233. The molecule has 1 aromatic heterocycles. The lowest BCUT2D eigenvalue weighted by molar-refractivity contribution is -0.186. The predicted octanol–water partition coefficient (Wildman–Crippen LogP) is 1.83. The first kappa shape index (κ1) is 15.2. The lowest BCUT2D eigenvalue weighted by atomic mass is 9.93. The van der Waals surface area contributed by atoms with Gasteiger partial charge in [0.15, 0.2) is 5.82 Å². The Hall–Kier alpha value is -0.820. The summed E-state index contributed by atoms with van der Waals surface area (Å²) in [6, 6.07) is 0. The number of nitrogens with zero attached hydrogens (tertiary/aromatic N) is 2. The van der Waals surface area contributed by atoms with E-state index in [2.05, 4.69) is 14.7 Å². The fourth-order valence-electron chi connectivity index (χ4n) is 0.860. The monoisotopic (exact) mass is 259 g/mol. The minimum absolute atomic E-state index is 0. The second-order valence-electron chi connectivity index (χ2n) is 3.68. The van der Waals surface area contributed by atoms with Crippen molar-refractivity contribution in [2.75, 3.05) is 6.54 Å². The van der Waals surface area contributed by atoms with Gasteiger partial charge in [-0.3, -0.25) is 0 Å². The molecule has 0 spiro atoms. The summed E-state index contributed by atoms with van der Waals surface area (Å²) in [5.41, 5.74) is 3.09. The second kappa shape index (κ2) is 5.01. The minimum Gasteiger partial charge on any atom is -0.338 e. The Morgan fingerprint density at radius 2 is 1.88 bits per heavy atom. The molecule has 0 saturated heterocycles. The number of halogens is 4. The summed E-state index contributed by atoms with van der Waals surface area (Å²) in [5, 5.41) is 3.42. The van der Waals surface area contributed by atoms with E-state index in [0.717, 1.165) is 13.8 Å². The zero-order valence-corrected chi connectivity index (χ0v) is 9.65. The van der Waals surface area contributed by atoms with E-state index in [1.54, 1.807) is 0 Å². The minimum atomic E-state index is -4.42. The summed E-state index contributed by atoms with van der Waals surface area (Å²) >= 11 is 0. The SMILES string of the molecule is CC(C)(c1nc(CCN)no1)C(F)(F)F.Cl. The third kappa shape index (κ3) is 2.85. The number of hydrogen-bond acceptors (Lipinski definition) is 4. The molecule has 0 radical (unpaired) electrons. The van der Waals surface area contributed by atoms with E-state index in [1.807, 2.05) is 0 Å². The van der Waals surface area contributed by atoms with E-state index < -0.39 is 17.5 Å². The summed E-state index contributed by atoms with van der Waals surface area (Å²) in [6.45, 7) is 2.25. The quantitative estimate of drug-likeness (QED) is 0.899. The molecular weight excluding hydrogens is 247 g/mol. The highest BCUT2D eigenvalue weighted by molar-refractivity contribution is 5.85. The van der Waals surface area contributed by atoms with Crippen LogP contribution in [0.15, 0.2) is 4.52 Å². The van der Waals surface area contributed by atoms with Crippen LogP contribution in [0, 0.1) is 0 Å². The second-order valence-corrected chi connectivity index (χ2v) is 3.68. The highest BCUT2D eigenvalue weighted by Gasteiger charge is 2.52.